The lowest BCUT2D eigenvalue weighted by atomic mass is 10.1. The minimum atomic E-state index is -0.524. The van der Waals surface area contributed by atoms with Crippen LogP contribution in [0.4, 0.5) is 5.69 Å². The molecular weight excluding hydrogens is 238 g/mol. The molecule has 94 valence electrons. The van der Waals surface area contributed by atoms with Crippen LogP contribution in [-0.2, 0) is 4.74 Å². The second kappa shape index (κ2) is 5.71. The maximum atomic E-state index is 9.53. The third-order valence-electron chi connectivity index (χ3n) is 3.02. The lowest BCUT2D eigenvalue weighted by molar-refractivity contribution is 0.152. The Kier molecular flexibility index (Phi) is 4.26. The van der Waals surface area contributed by atoms with Crippen LogP contribution in [0.1, 0.15) is 25.0 Å². The molecule has 1 saturated heterocycles. The van der Waals surface area contributed by atoms with Crippen molar-refractivity contribution < 1.29 is 9.84 Å². The number of rotatable bonds is 2. The summed E-state index contributed by atoms with van der Waals surface area (Å²) in [7, 11) is 0. The van der Waals surface area contributed by atoms with E-state index in [0.717, 1.165) is 44.0 Å². The summed E-state index contributed by atoms with van der Waals surface area (Å²) >= 11 is 6.17. The van der Waals surface area contributed by atoms with Gasteiger partial charge >= 0.3 is 0 Å². The lowest BCUT2D eigenvalue weighted by Gasteiger charge is -2.23. The monoisotopic (exact) mass is 255 g/mol. The smallest absolute Gasteiger partial charge is 0.0776 e. The van der Waals surface area contributed by atoms with Crippen molar-refractivity contribution in [1.29, 1.82) is 0 Å². The van der Waals surface area contributed by atoms with E-state index in [9.17, 15) is 5.11 Å². The molecule has 4 heteroatoms. The van der Waals surface area contributed by atoms with Gasteiger partial charge in [-0.15, -0.1) is 0 Å². The predicted octanol–water partition coefficient (Wildman–Crippen LogP) is 2.62. The van der Waals surface area contributed by atoms with Crippen LogP contribution in [0.15, 0.2) is 18.2 Å². The van der Waals surface area contributed by atoms with Crippen molar-refractivity contribution in [3.8, 4) is 0 Å². The summed E-state index contributed by atoms with van der Waals surface area (Å²) in [5, 5.41) is 10.2. The summed E-state index contributed by atoms with van der Waals surface area (Å²) in [4.78, 5) is 2.27. The predicted molar refractivity (Wildman–Crippen MR) is 69.7 cm³/mol. The number of hydrogen-bond donors (Lipinski definition) is 1. The molecule has 0 aromatic heterocycles. The minimum Gasteiger partial charge on any atom is -0.389 e. The first-order chi connectivity index (χ1) is 8.18. The van der Waals surface area contributed by atoms with E-state index < -0.39 is 6.10 Å². The van der Waals surface area contributed by atoms with E-state index >= 15 is 0 Å². The van der Waals surface area contributed by atoms with E-state index in [1.807, 2.05) is 18.2 Å². The molecule has 17 heavy (non-hydrogen) atoms. The first kappa shape index (κ1) is 12.7. The molecule has 0 amide bonds. The second-order valence-electron chi connectivity index (χ2n) is 4.33. The lowest BCUT2D eigenvalue weighted by Crippen LogP contribution is -2.25. The molecule has 1 aromatic carbocycles. The first-order valence-electron chi connectivity index (χ1n) is 5.98. The Morgan fingerprint density at radius 1 is 1.35 bits per heavy atom. The van der Waals surface area contributed by atoms with Crippen LogP contribution in [0.3, 0.4) is 0 Å². The molecule has 0 radical (unpaired) electrons. The molecule has 1 aliphatic rings. The Balaban J connectivity index is 2.18. The molecule has 0 bridgehead atoms. The molecule has 3 nitrogen and oxygen atoms in total. The number of nitrogens with zero attached hydrogens (tertiary/aromatic N) is 1. The molecule has 0 aliphatic carbocycles. The number of ether oxygens (including phenoxy) is 1. The highest BCUT2D eigenvalue weighted by molar-refractivity contribution is 6.31. The number of aliphatic hydroxyl groups excluding tert-OH is 1. The Morgan fingerprint density at radius 3 is 2.88 bits per heavy atom. The summed E-state index contributed by atoms with van der Waals surface area (Å²) in [5.41, 5.74) is 1.88. The molecule has 1 unspecified atom stereocenters. The van der Waals surface area contributed by atoms with Gasteiger partial charge in [-0.3, -0.25) is 0 Å². The maximum Gasteiger partial charge on any atom is 0.0776 e. The van der Waals surface area contributed by atoms with Crippen LogP contribution in [0.25, 0.3) is 0 Å². The van der Waals surface area contributed by atoms with Gasteiger partial charge in [-0.05, 0) is 31.0 Å². The van der Waals surface area contributed by atoms with Crippen LogP contribution < -0.4 is 4.90 Å². The van der Waals surface area contributed by atoms with Crippen molar-refractivity contribution in [1.82, 2.24) is 0 Å². The zero-order chi connectivity index (χ0) is 12.3. The fourth-order valence-electron chi connectivity index (χ4n) is 2.06. The van der Waals surface area contributed by atoms with Crippen molar-refractivity contribution in [2.24, 2.45) is 0 Å². The Hall–Kier alpha value is -0.770. The zero-order valence-corrected chi connectivity index (χ0v) is 10.8. The Labute approximate surface area is 107 Å². The summed E-state index contributed by atoms with van der Waals surface area (Å²) < 4.78 is 5.42. The summed E-state index contributed by atoms with van der Waals surface area (Å²) in [6.45, 7) is 5.20. The molecule has 2 rings (SSSR count). The van der Waals surface area contributed by atoms with Crippen molar-refractivity contribution in [3.63, 3.8) is 0 Å². The topological polar surface area (TPSA) is 32.7 Å². The van der Waals surface area contributed by atoms with E-state index in [2.05, 4.69) is 4.90 Å². The average Bonchev–Trinajstić information content (AvgIpc) is 2.56. The van der Waals surface area contributed by atoms with Gasteiger partial charge in [-0.1, -0.05) is 17.7 Å². The van der Waals surface area contributed by atoms with E-state index in [4.69, 9.17) is 16.3 Å². The van der Waals surface area contributed by atoms with Gasteiger partial charge in [0.25, 0.3) is 0 Å². The Morgan fingerprint density at radius 2 is 2.18 bits per heavy atom. The van der Waals surface area contributed by atoms with Crippen molar-refractivity contribution in [2.45, 2.75) is 19.4 Å². The van der Waals surface area contributed by atoms with Gasteiger partial charge in [-0.2, -0.15) is 0 Å². The normalized spacial score (nSPS) is 18.9. The molecule has 1 N–H and O–H groups in total. The molecular formula is C13H18ClNO2. The van der Waals surface area contributed by atoms with Crippen LogP contribution in [0.2, 0.25) is 5.02 Å². The fraction of sp³-hybridized carbons (Fsp3) is 0.538. The number of benzene rings is 1. The SMILES string of the molecule is CC(O)c1ccc(N2CCCOCC2)cc1Cl. The largest absolute Gasteiger partial charge is 0.389 e. The zero-order valence-electron chi connectivity index (χ0n) is 10.0. The molecule has 1 atom stereocenters. The highest BCUT2D eigenvalue weighted by Crippen LogP contribution is 2.28. The molecule has 1 aliphatic heterocycles. The van der Waals surface area contributed by atoms with Gasteiger partial charge in [0.15, 0.2) is 0 Å². The quantitative estimate of drug-likeness (QED) is 0.882. The van der Waals surface area contributed by atoms with Gasteiger partial charge in [0.1, 0.15) is 0 Å². The van der Waals surface area contributed by atoms with E-state index in [-0.39, 0.29) is 0 Å². The molecule has 1 fully saturated rings. The van der Waals surface area contributed by atoms with E-state index in [0.29, 0.717) is 5.02 Å². The van der Waals surface area contributed by atoms with Crippen molar-refractivity contribution in [2.75, 3.05) is 31.2 Å². The molecule has 0 spiro atoms. The highest BCUT2D eigenvalue weighted by Gasteiger charge is 2.13. The van der Waals surface area contributed by atoms with Gasteiger partial charge < -0.3 is 14.7 Å². The fourth-order valence-corrected chi connectivity index (χ4v) is 2.39. The maximum absolute atomic E-state index is 9.53. The first-order valence-corrected chi connectivity index (χ1v) is 6.36. The highest BCUT2D eigenvalue weighted by atomic mass is 35.5. The van der Waals surface area contributed by atoms with E-state index in [1.54, 1.807) is 6.92 Å². The summed E-state index contributed by atoms with van der Waals surface area (Å²) in [5.74, 6) is 0. The molecule has 1 aromatic rings. The Bertz CT molecular complexity index is 374. The van der Waals surface area contributed by atoms with Gasteiger partial charge in [0, 0.05) is 30.4 Å². The van der Waals surface area contributed by atoms with Crippen molar-refractivity contribution in [3.05, 3.63) is 28.8 Å². The number of anilines is 1. The minimum absolute atomic E-state index is 0.524. The average molecular weight is 256 g/mol. The third-order valence-corrected chi connectivity index (χ3v) is 3.35. The molecule has 1 heterocycles. The van der Waals surface area contributed by atoms with Crippen LogP contribution in [0, 0.1) is 0 Å². The summed E-state index contributed by atoms with van der Waals surface area (Å²) in [6.07, 6.45) is 0.513. The van der Waals surface area contributed by atoms with Gasteiger partial charge in [0.05, 0.1) is 12.7 Å². The summed E-state index contributed by atoms with van der Waals surface area (Å²) in [6, 6.07) is 5.84. The number of halogens is 1. The van der Waals surface area contributed by atoms with Crippen LogP contribution in [0.5, 0.6) is 0 Å². The molecule has 0 saturated carbocycles. The van der Waals surface area contributed by atoms with Gasteiger partial charge in [0.2, 0.25) is 0 Å². The van der Waals surface area contributed by atoms with Crippen LogP contribution >= 0.6 is 11.6 Å². The van der Waals surface area contributed by atoms with E-state index in [1.165, 1.54) is 0 Å². The van der Waals surface area contributed by atoms with Gasteiger partial charge in [-0.25, -0.2) is 0 Å². The van der Waals surface area contributed by atoms with Crippen molar-refractivity contribution >= 4 is 17.3 Å². The standard InChI is InChI=1S/C13H18ClNO2/c1-10(16)12-4-3-11(9-13(12)14)15-5-2-7-17-8-6-15/h3-4,9-10,16H,2,5-8H2,1H3. The number of aliphatic hydroxyl groups is 1. The second-order valence-corrected chi connectivity index (χ2v) is 4.74. The third kappa shape index (κ3) is 3.12. The number of hydrogen-bond acceptors (Lipinski definition) is 3. The van der Waals surface area contributed by atoms with Crippen LogP contribution in [-0.4, -0.2) is 31.4 Å².